The van der Waals surface area contributed by atoms with Crippen LogP contribution in [0.5, 0.6) is 0 Å². The van der Waals surface area contributed by atoms with E-state index in [9.17, 15) is 10.1 Å². The van der Waals surface area contributed by atoms with E-state index >= 15 is 0 Å². The number of nitro benzene ring substituents is 1. The minimum absolute atomic E-state index is 0.161. The molecule has 21 heavy (non-hydrogen) atoms. The van der Waals surface area contributed by atoms with E-state index < -0.39 is 0 Å². The third-order valence-corrected chi connectivity index (χ3v) is 4.01. The van der Waals surface area contributed by atoms with Gasteiger partial charge in [0, 0.05) is 22.1 Å². The molecule has 1 rings (SSSR count). The highest BCUT2D eigenvalue weighted by Crippen LogP contribution is 2.32. The second-order valence-corrected chi connectivity index (χ2v) is 7.33. The number of anilines is 1. The van der Waals surface area contributed by atoms with Crippen LogP contribution in [0, 0.1) is 28.9 Å². The maximum atomic E-state index is 11.1. The molecule has 1 N–H and O–H groups in total. The lowest BCUT2D eigenvalue weighted by Gasteiger charge is -2.24. The van der Waals surface area contributed by atoms with Gasteiger partial charge >= 0.3 is 0 Å². The van der Waals surface area contributed by atoms with Crippen molar-refractivity contribution in [1.29, 1.82) is 0 Å². The van der Waals surface area contributed by atoms with Crippen LogP contribution in [-0.4, -0.2) is 11.0 Å². The predicted molar refractivity (Wildman–Crippen MR) is 91.9 cm³/mol. The third kappa shape index (κ3) is 5.65. The number of benzene rings is 1. The Kier molecular flexibility index (Phi) is 6.65. The van der Waals surface area contributed by atoms with Crippen LogP contribution in [0.4, 0.5) is 11.4 Å². The van der Waals surface area contributed by atoms with Gasteiger partial charge in [0.05, 0.1) is 10.6 Å². The normalized spacial score (nSPS) is 11.5. The standard InChI is InChI=1S/C16H25BrN2O2/c1-10(2)6-13(7-11(3)4)18-15-9-16(19(20)21)12(5)8-14(15)17/h8-11,13,18H,6-7H2,1-5H3. The van der Waals surface area contributed by atoms with Gasteiger partial charge in [-0.25, -0.2) is 0 Å². The summed E-state index contributed by atoms with van der Waals surface area (Å²) >= 11 is 3.51. The van der Waals surface area contributed by atoms with E-state index in [2.05, 4.69) is 48.9 Å². The van der Waals surface area contributed by atoms with Crippen molar-refractivity contribution in [2.75, 3.05) is 5.32 Å². The van der Waals surface area contributed by atoms with E-state index in [4.69, 9.17) is 0 Å². The highest BCUT2D eigenvalue weighted by atomic mass is 79.9. The number of nitro groups is 1. The summed E-state index contributed by atoms with van der Waals surface area (Å²) in [6, 6.07) is 3.76. The lowest BCUT2D eigenvalue weighted by atomic mass is 9.95. The second kappa shape index (κ2) is 7.78. The van der Waals surface area contributed by atoms with Gasteiger partial charge in [0.1, 0.15) is 0 Å². The molecule has 0 aromatic heterocycles. The lowest BCUT2D eigenvalue weighted by Crippen LogP contribution is -2.24. The van der Waals surface area contributed by atoms with E-state index in [1.165, 1.54) is 0 Å². The second-order valence-electron chi connectivity index (χ2n) is 6.48. The van der Waals surface area contributed by atoms with Gasteiger partial charge in [-0.15, -0.1) is 0 Å². The van der Waals surface area contributed by atoms with E-state index in [0.29, 0.717) is 23.4 Å². The lowest BCUT2D eigenvalue weighted by molar-refractivity contribution is -0.385. The zero-order valence-electron chi connectivity index (χ0n) is 13.4. The van der Waals surface area contributed by atoms with Crippen molar-refractivity contribution in [2.45, 2.75) is 53.5 Å². The van der Waals surface area contributed by atoms with E-state index in [1.807, 2.05) is 6.07 Å². The zero-order valence-corrected chi connectivity index (χ0v) is 15.0. The summed E-state index contributed by atoms with van der Waals surface area (Å²) in [7, 11) is 0. The molecular weight excluding hydrogens is 332 g/mol. The fourth-order valence-corrected chi connectivity index (χ4v) is 3.11. The maximum absolute atomic E-state index is 11.1. The van der Waals surface area contributed by atoms with Gasteiger partial charge < -0.3 is 5.32 Å². The molecule has 0 aliphatic heterocycles. The van der Waals surface area contributed by atoms with Crippen LogP contribution in [0.1, 0.15) is 46.1 Å². The average Bonchev–Trinajstić information content (AvgIpc) is 2.30. The average molecular weight is 357 g/mol. The minimum atomic E-state index is -0.327. The smallest absolute Gasteiger partial charge is 0.274 e. The third-order valence-electron chi connectivity index (χ3n) is 3.35. The molecule has 0 spiro atoms. The molecule has 1 aromatic rings. The summed E-state index contributed by atoms with van der Waals surface area (Å²) in [5, 5.41) is 14.6. The van der Waals surface area contributed by atoms with Crippen molar-refractivity contribution in [2.24, 2.45) is 11.8 Å². The molecule has 0 atom stereocenters. The monoisotopic (exact) mass is 356 g/mol. The number of nitrogens with zero attached hydrogens (tertiary/aromatic N) is 1. The fourth-order valence-electron chi connectivity index (χ4n) is 2.54. The Balaban J connectivity index is 3.02. The van der Waals surface area contributed by atoms with Gasteiger partial charge in [0.25, 0.3) is 5.69 Å². The van der Waals surface area contributed by atoms with Crippen LogP contribution in [0.15, 0.2) is 16.6 Å². The van der Waals surface area contributed by atoms with Crippen molar-refractivity contribution >= 4 is 27.3 Å². The molecule has 0 bridgehead atoms. The minimum Gasteiger partial charge on any atom is -0.381 e. The topological polar surface area (TPSA) is 55.2 Å². The van der Waals surface area contributed by atoms with E-state index in [-0.39, 0.29) is 10.6 Å². The Morgan fingerprint density at radius 1 is 1.19 bits per heavy atom. The molecule has 118 valence electrons. The van der Waals surface area contributed by atoms with Gasteiger partial charge in [-0.05, 0) is 53.6 Å². The van der Waals surface area contributed by atoms with Gasteiger partial charge in [-0.1, -0.05) is 27.7 Å². The van der Waals surface area contributed by atoms with Crippen molar-refractivity contribution < 1.29 is 4.92 Å². The number of halogens is 1. The number of rotatable bonds is 7. The SMILES string of the molecule is Cc1cc(Br)c(NC(CC(C)C)CC(C)C)cc1[N+](=O)[O-]. The molecule has 5 heteroatoms. The maximum Gasteiger partial charge on any atom is 0.274 e. The Hall–Kier alpha value is -1.10. The highest BCUT2D eigenvalue weighted by Gasteiger charge is 2.18. The number of nitrogens with one attached hydrogen (secondary N) is 1. The molecule has 0 unspecified atom stereocenters. The summed E-state index contributed by atoms with van der Waals surface area (Å²) < 4.78 is 0.878. The molecule has 0 fully saturated rings. The van der Waals surface area contributed by atoms with Gasteiger partial charge in [-0.2, -0.15) is 0 Å². The Labute approximate surface area is 135 Å². The van der Waals surface area contributed by atoms with Crippen molar-refractivity contribution in [3.05, 3.63) is 32.3 Å². The van der Waals surface area contributed by atoms with Crippen LogP contribution < -0.4 is 5.32 Å². The predicted octanol–water partition coefficient (Wildman–Crippen LogP) is 5.54. The first kappa shape index (κ1) is 18.0. The first-order chi connectivity index (χ1) is 9.70. The quantitative estimate of drug-likeness (QED) is 0.515. The van der Waals surface area contributed by atoms with Crippen LogP contribution in [0.25, 0.3) is 0 Å². The Morgan fingerprint density at radius 2 is 1.71 bits per heavy atom. The zero-order chi connectivity index (χ0) is 16.2. The molecule has 1 aromatic carbocycles. The summed E-state index contributed by atoms with van der Waals surface area (Å²) in [4.78, 5) is 10.8. The fraction of sp³-hybridized carbons (Fsp3) is 0.625. The number of hydrogen-bond donors (Lipinski definition) is 1. The summed E-state index contributed by atoms with van der Waals surface area (Å²) in [6.07, 6.45) is 2.10. The van der Waals surface area contributed by atoms with E-state index in [1.54, 1.807) is 13.0 Å². The van der Waals surface area contributed by atoms with Crippen LogP contribution in [0.2, 0.25) is 0 Å². The van der Waals surface area contributed by atoms with E-state index in [0.717, 1.165) is 23.0 Å². The summed E-state index contributed by atoms with van der Waals surface area (Å²) in [5.41, 5.74) is 1.63. The van der Waals surface area contributed by atoms with Gasteiger partial charge in [0.15, 0.2) is 0 Å². The molecule has 0 saturated heterocycles. The largest absolute Gasteiger partial charge is 0.381 e. The first-order valence-corrected chi connectivity index (χ1v) is 8.21. The molecule has 0 radical (unpaired) electrons. The van der Waals surface area contributed by atoms with Crippen molar-refractivity contribution in [3.8, 4) is 0 Å². The number of hydrogen-bond acceptors (Lipinski definition) is 3. The van der Waals surface area contributed by atoms with Gasteiger partial charge in [-0.3, -0.25) is 10.1 Å². The highest BCUT2D eigenvalue weighted by molar-refractivity contribution is 9.10. The number of aryl methyl sites for hydroxylation is 1. The molecule has 0 saturated carbocycles. The van der Waals surface area contributed by atoms with Gasteiger partial charge in [0.2, 0.25) is 0 Å². The molecular formula is C16H25BrN2O2. The van der Waals surface area contributed by atoms with Crippen LogP contribution in [0.3, 0.4) is 0 Å². The van der Waals surface area contributed by atoms with Crippen LogP contribution in [-0.2, 0) is 0 Å². The molecule has 0 amide bonds. The summed E-state index contributed by atoms with van der Waals surface area (Å²) in [5.74, 6) is 1.17. The van der Waals surface area contributed by atoms with Crippen LogP contribution >= 0.6 is 15.9 Å². The molecule has 4 nitrogen and oxygen atoms in total. The first-order valence-electron chi connectivity index (χ1n) is 7.41. The van der Waals surface area contributed by atoms with Crippen molar-refractivity contribution in [3.63, 3.8) is 0 Å². The molecule has 0 aliphatic carbocycles. The molecule has 0 aliphatic rings. The molecule has 0 heterocycles. The Bertz CT molecular complexity index is 491. The van der Waals surface area contributed by atoms with Crippen molar-refractivity contribution in [1.82, 2.24) is 0 Å². The summed E-state index contributed by atoms with van der Waals surface area (Å²) in [6.45, 7) is 10.5. The Morgan fingerprint density at radius 3 is 2.14 bits per heavy atom.